The number of aryl methyl sites for hydroxylation is 1. The summed E-state index contributed by atoms with van der Waals surface area (Å²) in [6.45, 7) is 1.25. The van der Waals surface area contributed by atoms with Gasteiger partial charge >= 0.3 is 6.36 Å². The minimum Gasteiger partial charge on any atom is -0.490 e. The molecule has 0 aliphatic carbocycles. The van der Waals surface area contributed by atoms with Crippen LogP contribution in [0.2, 0.25) is 0 Å². The van der Waals surface area contributed by atoms with Crippen molar-refractivity contribution < 1.29 is 31.1 Å². The van der Waals surface area contributed by atoms with Crippen LogP contribution in [0.4, 0.5) is 13.2 Å². The van der Waals surface area contributed by atoms with E-state index in [-0.39, 0.29) is 5.56 Å². The summed E-state index contributed by atoms with van der Waals surface area (Å²) in [6.07, 6.45) is -4.11. The Morgan fingerprint density at radius 3 is 2.28 bits per heavy atom. The van der Waals surface area contributed by atoms with Crippen molar-refractivity contribution in [1.29, 1.82) is 0 Å². The SMILES string of the molecule is COc1c(S(=O)(=O)Cl)ncc(C)c1OC(F)(F)F. The molecule has 10 heteroatoms. The predicted molar refractivity (Wildman–Crippen MR) is 55.2 cm³/mol. The fourth-order valence-corrected chi connectivity index (χ4v) is 2.05. The lowest BCUT2D eigenvalue weighted by molar-refractivity contribution is -0.275. The molecular weight excluding hydrogens is 299 g/mol. The Labute approximate surface area is 105 Å². The third kappa shape index (κ3) is 3.39. The minimum absolute atomic E-state index is 0.0479. The first-order valence-corrected chi connectivity index (χ1v) is 6.61. The second-order valence-electron chi connectivity index (χ2n) is 3.09. The third-order valence-corrected chi connectivity index (χ3v) is 2.98. The molecule has 0 saturated heterocycles. The number of aromatic nitrogens is 1. The van der Waals surface area contributed by atoms with Crippen LogP contribution in [-0.4, -0.2) is 26.9 Å². The van der Waals surface area contributed by atoms with Gasteiger partial charge in [0.05, 0.1) is 7.11 Å². The molecule has 102 valence electrons. The smallest absolute Gasteiger partial charge is 0.490 e. The largest absolute Gasteiger partial charge is 0.573 e. The Bertz CT molecular complexity index is 558. The van der Waals surface area contributed by atoms with Gasteiger partial charge in [-0.2, -0.15) is 0 Å². The van der Waals surface area contributed by atoms with Gasteiger partial charge in [0.15, 0.2) is 5.75 Å². The summed E-state index contributed by atoms with van der Waals surface area (Å²) in [5.41, 5.74) is -0.0479. The van der Waals surface area contributed by atoms with Gasteiger partial charge in [-0.3, -0.25) is 0 Å². The van der Waals surface area contributed by atoms with Gasteiger partial charge in [0.1, 0.15) is 0 Å². The molecule has 0 unspecified atom stereocenters. The van der Waals surface area contributed by atoms with Gasteiger partial charge in [-0.05, 0) is 6.92 Å². The standard InChI is InChI=1S/C8H7ClF3NO4S/c1-4-3-13-7(18(9,14)15)6(16-2)5(4)17-8(10,11)12/h3H,1-2H3. The average Bonchev–Trinajstić information content (AvgIpc) is 2.17. The van der Waals surface area contributed by atoms with Crippen molar-refractivity contribution in [3.05, 3.63) is 11.8 Å². The molecule has 18 heavy (non-hydrogen) atoms. The second kappa shape index (κ2) is 4.81. The fourth-order valence-electron chi connectivity index (χ4n) is 1.15. The monoisotopic (exact) mass is 305 g/mol. The Balaban J connectivity index is 3.50. The zero-order valence-corrected chi connectivity index (χ0v) is 10.7. The zero-order valence-electron chi connectivity index (χ0n) is 9.08. The molecule has 0 atom stereocenters. The predicted octanol–water partition coefficient (Wildman–Crippen LogP) is 2.22. The highest BCUT2D eigenvalue weighted by atomic mass is 35.7. The molecule has 0 fully saturated rings. The van der Waals surface area contributed by atoms with E-state index in [1.54, 1.807) is 0 Å². The number of rotatable bonds is 3. The van der Waals surface area contributed by atoms with E-state index in [9.17, 15) is 21.6 Å². The van der Waals surface area contributed by atoms with Gasteiger partial charge in [-0.15, -0.1) is 13.2 Å². The first-order chi connectivity index (χ1) is 8.06. The molecular formula is C8H7ClF3NO4S. The highest BCUT2D eigenvalue weighted by Gasteiger charge is 2.35. The molecule has 1 aromatic rings. The second-order valence-corrected chi connectivity index (χ2v) is 5.58. The molecule has 1 aromatic heterocycles. The molecule has 0 aromatic carbocycles. The minimum atomic E-state index is -4.99. The maximum absolute atomic E-state index is 12.2. The summed E-state index contributed by atoms with van der Waals surface area (Å²) < 4.78 is 67.1. The maximum atomic E-state index is 12.2. The summed E-state index contributed by atoms with van der Waals surface area (Å²) in [7, 11) is 1.66. The van der Waals surface area contributed by atoms with Crippen molar-refractivity contribution in [2.75, 3.05) is 7.11 Å². The first kappa shape index (κ1) is 14.8. The van der Waals surface area contributed by atoms with E-state index in [4.69, 9.17) is 10.7 Å². The Hall–Kier alpha value is -1.22. The highest BCUT2D eigenvalue weighted by Crippen LogP contribution is 2.39. The Morgan fingerprint density at radius 2 is 1.89 bits per heavy atom. The molecule has 0 aliphatic rings. The molecule has 1 rings (SSSR count). The van der Waals surface area contributed by atoms with Gasteiger partial charge in [-0.25, -0.2) is 13.4 Å². The molecule has 0 bridgehead atoms. The zero-order chi connectivity index (χ0) is 14.1. The lowest BCUT2D eigenvalue weighted by Crippen LogP contribution is -2.19. The molecule has 0 saturated carbocycles. The van der Waals surface area contributed by atoms with E-state index >= 15 is 0 Å². The highest BCUT2D eigenvalue weighted by molar-refractivity contribution is 8.13. The Morgan fingerprint density at radius 1 is 1.33 bits per heavy atom. The van der Waals surface area contributed by atoms with Crippen LogP contribution in [0.1, 0.15) is 5.56 Å². The summed E-state index contributed by atoms with van der Waals surface area (Å²) in [5.74, 6) is -1.48. The van der Waals surface area contributed by atoms with E-state index < -0.39 is 31.9 Å². The number of halogens is 4. The van der Waals surface area contributed by atoms with Gasteiger partial charge in [0.2, 0.25) is 10.8 Å². The van der Waals surface area contributed by atoms with Crippen LogP contribution in [0.25, 0.3) is 0 Å². The van der Waals surface area contributed by atoms with E-state index in [0.29, 0.717) is 0 Å². The van der Waals surface area contributed by atoms with Crippen LogP contribution in [-0.2, 0) is 9.05 Å². The average molecular weight is 306 g/mol. The van der Waals surface area contributed by atoms with Gasteiger partial charge in [0.25, 0.3) is 9.05 Å². The van der Waals surface area contributed by atoms with Crippen LogP contribution in [0.5, 0.6) is 11.5 Å². The first-order valence-electron chi connectivity index (χ1n) is 4.30. The number of nitrogens with zero attached hydrogens (tertiary/aromatic N) is 1. The van der Waals surface area contributed by atoms with Crippen LogP contribution in [0, 0.1) is 6.92 Å². The molecule has 5 nitrogen and oxygen atoms in total. The van der Waals surface area contributed by atoms with Crippen LogP contribution < -0.4 is 9.47 Å². The van der Waals surface area contributed by atoms with Crippen LogP contribution in [0.3, 0.4) is 0 Å². The van der Waals surface area contributed by atoms with Crippen molar-refractivity contribution in [3.63, 3.8) is 0 Å². The number of pyridine rings is 1. The van der Waals surface area contributed by atoms with E-state index in [0.717, 1.165) is 13.3 Å². The number of hydrogen-bond acceptors (Lipinski definition) is 5. The molecule has 0 spiro atoms. The molecule has 0 N–H and O–H groups in total. The van der Waals surface area contributed by atoms with Crippen molar-refractivity contribution in [3.8, 4) is 11.5 Å². The van der Waals surface area contributed by atoms with Crippen molar-refractivity contribution in [2.24, 2.45) is 0 Å². The number of alkyl halides is 3. The van der Waals surface area contributed by atoms with E-state index in [2.05, 4.69) is 14.5 Å². The topological polar surface area (TPSA) is 65.5 Å². The van der Waals surface area contributed by atoms with Gasteiger partial charge < -0.3 is 9.47 Å². The van der Waals surface area contributed by atoms with E-state index in [1.165, 1.54) is 6.92 Å². The Kier molecular flexibility index (Phi) is 3.96. The maximum Gasteiger partial charge on any atom is 0.573 e. The number of methoxy groups -OCH3 is 1. The lowest BCUT2D eigenvalue weighted by atomic mass is 10.3. The summed E-state index contributed by atoms with van der Waals surface area (Å²) in [6, 6.07) is 0. The van der Waals surface area contributed by atoms with Crippen LogP contribution in [0.15, 0.2) is 11.2 Å². The molecule has 0 radical (unpaired) electrons. The third-order valence-electron chi connectivity index (χ3n) is 1.79. The van der Waals surface area contributed by atoms with Gasteiger partial charge in [-0.1, -0.05) is 0 Å². The van der Waals surface area contributed by atoms with Crippen LogP contribution >= 0.6 is 10.7 Å². The lowest BCUT2D eigenvalue weighted by Gasteiger charge is -2.15. The number of hydrogen-bond donors (Lipinski definition) is 0. The summed E-state index contributed by atoms with van der Waals surface area (Å²) in [5, 5.41) is -0.837. The van der Waals surface area contributed by atoms with E-state index in [1.807, 2.05) is 0 Å². The molecule has 1 heterocycles. The van der Waals surface area contributed by atoms with Crippen molar-refractivity contribution >= 4 is 19.7 Å². The van der Waals surface area contributed by atoms with Gasteiger partial charge in [0, 0.05) is 22.4 Å². The van der Waals surface area contributed by atoms with Crippen molar-refractivity contribution in [2.45, 2.75) is 18.3 Å². The number of ether oxygens (including phenoxy) is 2. The molecule has 0 amide bonds. The fraction of sp³-hybridized carbons (Fsp3) is 0.375. The quantitative estimate of drug-likeness (QED) is 0.801. The molecule has 0 aliphatic heterocycles. The normalized spacial score (nSPS) is 12.3. The van der Waals surface area contributed by atoms with Crippen molar-refractivity contribution in [1.82, 2.24) is 4.98 Å². The summed E-state index contributed by atoms with van der Waals surface area (Å²) >= 11 is 0. The summed E-state index contributed by atoms with van der Waals surface area (Å²) in [4.78, 5) is 3.42.